The smallest absolute Gasteiger partial charge is 0.262 e. The van der Waals surface area contributed by atoms with Crippen LogP contribution in [0, 0.1) is 6.92 Å². The zero-order chi connectivity index (χ0) is 18.6. The maximum Gasteiger partial charge on any atom is 0.262 e. The minimum atomic E-state index is -3.27. The van der Waals surface area contributed by atoms with Gasteiger partial charge in [0.15, 0.2) is 16.4 Å². The highest BCUT2D eigenvalue weighted by molar-refractivity contribution is 7.92. The van der Waals surface area contributed by atoms with Crippen molar-refractivity contribution in [3.63, 3.8) is 0 Å². The average molecular weight is 373 g/mol. The zero-order valence-corrected chi connectivity index (χ0v) is 15.6. The summed E-state index contributed by atoms with van der Waals surface area (Å²) in [5, 5.41) is 2.44. The Balaban J connectivity index is 1.56. The van der Waals surface area contributed by atoms with E-state index in [-0.39, 0.29) is 17.8 Å². The lowest BCUT2D eigenvalue weighted by Crippen LogP contribution is -2.20. The van der Waals surface area contributed by atoms with E-state index in [0.717, 1.165) is 31.2 Å². The van der Waals surface area contributed by atoms with Crippen molar-refractivity contribution in [3.05, 3.63) is 54.1 Å². The summed E-state index contributed by atoms with van der Waals surface area (Å²) in [7, 11) is -3.27. The highest BCUT2D eigenvalue weighted by Gasteiger charge is 2.30. The van der Waals surface area contributed by atoms with Crippen molar-refractivity contribution >= 4 is 21.4 Å². The molecule has 6 heteroatoms. The van der Waals surface area contributed by atoms with Crippen molar-refractivity contribution in [1.29, 1.82) is 0 Å². The predicted molar refractivity (Wildman–Crippen MR) is 101 cm³/mol. The number of anilines is 1. The minimum absolute atomic E-state index is 0.106. The van der Waals surface area contributed by atoms with Crippen molar-refractivity contribution in [1.82, 2.24) is 0 Å². The van der Waals surface area contributed by atoms with E-state index in [1.54, 1.807) is 24.3 Å². The number of hydrogen-bond acceptors (Lipinski definition) is 4. The van der Waals surface area contributed by atoms with Crippen LogP contribution < -0.4 is 10.1 Å². The molecule has 0 heterocycles. The molecule has 1 N–H and O–H groups in total. The first-order valence-electron chi connectivity index (χ1n) is 8.78. The Morgan fingerprint density at radius 2 is 1.65 bits per heavy atom. The van der Waals surface area contributed by atoms with Gasteiger partial charge in [-0.15, -0.1) is 0 Å². The van der Waals surface area contributed by atoms with E-state index in [1.165, 1.54) is 0 Å². The van der Waals surface area contributed by atoms with Crippen LogP contribution in [-0.2, 0) is 14.6 Å². The second kappa shape index (κ2) is 7.91. The summed E-state index contributed by atoms with van der Waals surface area (Å²) < 4.78 is 30.5. The fourth-order valence-corrected chi connectivity index (χ4v) is 4.95. The number of carbonyl (C=O) groups excluding carboxylic acids is 1. The first-order valence-corrected chi connectivity index (χ1v) is 10.3. The highest BCUT2D eigenvalue weighted by atomic mass is 32.2. The van der Waals surface area contributed by atoms with Gasteiger partial charge in [0.25, 0.3) is 5.91 Å². The average Bonchev–Trinajstić information content (AvgIpc) is 3.17. The van der Waals surface area contributed by atoms with Crippen LogP contribution in [0.25, 0.3) is 0 Å². The van der Waals surface area contributed by atoms with Gasteiger partial charge in [0.05, 0.1) is 10.1 Å². The van der Waals surface area contributed by atoms with E-state index in [4.69, 9.17) is 4.74 Å². The van der Waals surface area contributed by atoms with Gasteiger partial charge in [0.1, 0.15) is 5.75 Å². The molecule has 138 valence electrons. The lowest BCUT2D eigenvalue weighted by atomic mass is 10.2. The molecule has 3 rings (SSSR count). The molecule has 1 saturated carbocycles. The van der Waals surface area contributed by atoms with Crippen molar-refractivity contribution in [2.45, 2.75) is 42.8 Å². The molecule has 5 nitrogen and oxygen atoms in total. The Morgan fingerprint density at radius 1 is 1.04 bits per heavy atom. The van der Waals surface area contributed by atoms with Crippen molar-refractivity contribution < 1.29 is 17.9 Å². The Labute approximate surface area is 154 Å². The number of benzene rings is 2. The molecule has 26 heavy (non-hydrogen) atoms. The van der Waals surface area contributed by atoms with Gasteiger partial charge in [0, 0.05) is 5.69 Å². The molecule has 0 atom stereocenters. The van der Waals surface area contributed by atoms with Crippen molar-refractivity contribution in [2.75, 3.05) is 11.9 Å². The molecule has 0 radical (unpaired) electrons. The number of rotatable bonds is 6. The van der Waals surface area contributed by atoms with E-state index >= 15 is 0 Å². The van der Waals surface area contributed by atoms with Crippen LogP contribution in [0.4, 0.5) is 5.69 Å². The summed E-state index contributed by atoms with van der Waals surface area (Å²) in [6.07, 6.45) is 3.41. The fraction of sp³-hybridized carbons (Fsp3) is 0.350. The van der Waals surface area contributed by atoms with Gasteiger partial charge in [-0.3, -0.25) is 4.79 Å². The van der Waals surface area contributed by atoms with Gasteiger partial charge in [-0.1, -0.05) is 30.5 Å². The largest absolute Gasteiger partial charge is 0.484 e. The van der Waals surface area contributed by atoms with Gasteiger partial charge >= 0.3 is 0 Å². The van der Waals surface area contributed by atoms with E-state index in [1.807, 2.05) is 31.2 Å². The summed E-state index contributed by atoms with van der Waals surface area (Å²) >= 11 is 0. The van der Waals surface area contributed by atoms with Crippen molar-refractivity contribution in [2.24, 2.45) is 0 Å². The van der Waals surface area contributed by atoms with Gasteiger partial charge < -0.3 is 10.1 Å². The topological polar surface area (TPSA) is 72.5 Å². The molecule has 2 aromatic rings. The molecule has 2 aromatic carbocycles. The number of carbonyl (C=O) groups is 1. The molecule has 0 unspecified atom stereocenters. The van der Waals surface area contributed by atoms with Crippen LogP contribution in [0.1, 0.15) is 31.2 Å². The molecule has 1 amide bonds. The second-order valence-electron chi connectivity index (χ2n) is 6.63. The Morgan fingerprint density at radius 3 is 2.27 bits per heavy atom. The number of amides is 1. The zero-order valence-electron chi connectivity index (χ0n) is 14.8. The third kappa shape index (κ3) is 4.43. The SMILES string of the molecule is Cc1ccc(OCC(=O)Nc2ccc(S(=O)(=O)C3CCCC3)cc2)cc1. The summed E-state index contributed by atoms with van der Waals surface area (Å²) in [6, 6.07) is 13.8. The van der Waals surface area contributed by atoms with Gasteiger partial charge in [-0.25, -0.2) is 8.42 Å². The first kappa shape index (κ1) is 18.5. The number of aryl methyl sites for hydroxylation is 1. The standard InChI is InChI=1S/C20H23NO4S/c1-15-6-10-17(11-7-15)25-14-20(22)21-16-8-12-19(13-9-16)26(23,24)18-4-2-3-5-18/h6-13,18H,2-5,14H2,1H3,(H,21,22). The molecule has 1 fully saturated rings. The van der Waals surface area contributed by atoms with Crippen LogP contribution in [0.15, 0.2) is 53.4 Å². The lowest BCUT2D eigenvalue weighted by molar-refractivity contribution is -0.118. The molecule has 1 aliphatic carbocycles. The molecule has 0 aromatic heterocycles. The van der Waals surface area contributed by atoms with Crippen LogP contribution in [0.5, 0.6) is 5.75 Å². The fourth-order valence-electron chi connectivity index (χ4n) is 3.10. The monoisotopic (exact) mass is 373 g/mol. The minimum Gasteiger partial charge on any atom is -0.484 e. The summed E-state index contributed by atoms with van der Waals surface area (Å²) in [4.78, 5) is 12.3. The molecular formula is C20H23NO4S. The van der Waals surface area contributed by atoms with E-state index in [9.17, 15) is 13.2 Å². The lowest BCUT2D eigenvalue weighted by Gasteiger charge is -2.12. The quantitative estimate of drug-likeness (QED) is 0.837. The van der Waals surface area contributed by atoms with Gasteiger partial charge in [-0.2, -0.15) is 0 Å². The molecule has 0 spiro atoms. The van der Waals surface area contributed by atoms with Crippen LogP contribution >= 0.6 is 0 Å². The molecular weight excluding hydrogens is 350 g/mol. The maximum absolute atomic E-state index is 12.5. The van der Waals surface area contributed by atoms with Gasteiger partial charge in [-0.05, 0) is 56.2 Å². The molecule has 0 bridgehead atoms. The van der Waals surface area contributed by atoms with E-state index in [2.05, 4.69) is 5.32 Å². The number of ether oxygens (including phenoxy) is 1. The summed E-state index contributed by atoms with van der Waals surface area (Å²) in [6.45, 7) is 1.87. The Hall–Kier alpha value is -2.34. The Kier molecular flexibility index (Phi) is 5.61. The van der Waals surface area contributed by atoms with Crippen LogP contribution in [0.2, 0.25) is 0 Å². The second-order valence-corrected chi connectivity index (χ2v) is 8.85. The van der Waals surface area contributed by atoms with Crippen LogP contribution in [0.3, 0.4) is 0 Å². The third-order valence-corrected chi connectivity index (χ3v) is 6.88. The van der Waals surface area contributed by atoms with E-state index < -0.39 is 9.84 Å². The maximum atomic E-state index is 12.5. The predicted octanol–water partition coefficient (Wildman–Crippen LogP) is 3.73. The molecule has 0 saturated heterocycles. The summed E-state index contributed by atoms with van der Waals surface area (Å²) in [5.41, 5.74) is 1.67. The highest BCUT2D eigenvalue weighted by Crippen LogP contribution is 2.30. The first-order chi connectivity index (χ1) is 12.4. The van der Waals surface area contributed by atoms with E-state index in [0.29, 0.717) is 16.3 Å². The number of sulfone groups is 1. The van der Waals surface area contributed by atoms with Gasteiger partial charge in [0.2, 0.25) is 0 Å². The third-order valence-electron chi connectivity index (χ3n) is 4.60. The summed E-state index contributed by atoms with van der Waals surface area (Å²) in [5.74, 6) is 0.334. The normalized spacial score (nSPS) is 15.0. The van der Waals surface area contributed by atoms with Crippen LogP contribution in [-0.4, -0.2) is 26.2 Å². The number of hydrogen-bond donors (Lipinski definition) is 1. The molecule has 0 aliphatic heterocycles. The molecule has 1 aliphatic rings. The number of nitrogens with one attached hydrogen (secondary N) is 1. The van der Waals surface area contributed by atoms with Crippen molar-refractivity contribution in [3.8, 4) is 5.75 Å². The Bertz CT molecular complexity index is 852.